The summed E-state index contributed by atoms with van der Waals surface area (Å²) in [5, 5.41) is 0. The second-order valence-electron chi connectivity index (χ2n) is 4.84. The quantitative estimate of drug-likeness (QED) is 0.847. The van der Waals surface area contributed by atoms with Crippen molar-refractivity contribution in [3.05, 3.63) is 29.8 Å². The zero-order valence-electron chi connectivity index (χ0n) is 11.0. The molecule has 0 unspecified atom stereocenters. The molecule has 18 heavy (non-hydrogen) atoms. The third kappa shape index (κ3) is 5.29. The maximum atomic E-state index is 11.6. The summed E-state index contributed by atoms with van der Waals surface area (Å²) < 4.78 is 34.3. The molecule has 0 amide bonds. The van der Waals surface area contributed by atoms with E-state index in [0.29, 0.717) is 11.3 Å². The predicted octanol–water partition coefficient (Wildman–Crippen LogP) is 1.75. The molecule has 6 heteroatoms. The van der Waals surface area contributed by atoms with Gasteiger partial charge in [0, 0.05) is 11.8 Å². The highest BCUT2D eigenvalue weighted by Gasteiger charge is 2.18. The van der Waals surface area contributed by atoms with Crippen molar-refractivity contribution in [3.8, 4) is 5.75 Å². The van der Waals surface area contributed by atoms with Crippen LogP contribution in [0, 0.1) is 0 Å². The fourth-order valence-corrected chi connectivity index (χ4v) is 2.35. The Kier molecular flexibility index (Phi) is 4.48. The maximum absolute atomic E-state index is 11.6. The Labute approximate surface area is 108 Å². The van der Waals surface area contributed by atoms with Gasteiger partial charge >= 0.3 is 10.2 Å². The molecular formula is C12H18N2O3S. The van der Waals surface area contributed by atoms with E-state index in [1.807, 2.05) is 0 Å². The van der Waals surface area contributed by atoms with Crippen molar-refractivity contribution in [1.29, 1.82) is 0 Å². The molecule has 1 N–H and O–H groups in total. The van der Waals surface area contributed by atoms with Crippen LogP contribution < -0.4 is 9.46 Å². The Morgan fingerprint density at radius 2 is 2.00 bits per heavy atom. The average Bonchev–Trinajstić information content (AvgIpc) is 2.24. The Morgan fingerprint density at radius 1 is 1.33 bits per heavy atom. The lowest BCUT2D eigenvalue weighted by molar-refractivity contribution is 0.414. The Hall–Kier alpha value is -1.40. The lowest BCUT2D eigenvalue weighted by Gasteiger charge is -2.17. The van der Waals surface area contributed by atoms with Crippen molar-refractivity contribution in [2.24, 2.45) is 4.40 Å². The summed E-state index contributed by atoms with van der Waals surface area (Å²) in [4.78, 5) is 0. The summed E-state index contributed by atoms with van der Waals surface area (Å²) in [6.07, 6.45) is 1.29. The standard InChI is InChI=1S/C12H18N2O3S/c1-12(2,3)14-18(15,16)13-9-10-6-5-7-11(8-10)17-4/h5-9,14H,1-4H3/b13-9+. The zero-order valence-corrected chi connectivity index (χ0v) is 11.8. The number of nitrogens with zero attached hydrogens (tertiary/aromatic N) is 1. The van der Waals surface area contributed by atoms with Gasteiger partial charge < -0.3 is 4.74 Å². The summed E-state index contributed by atoms with van der Waals surface area (Å²) >= 11 is 0. The van der Waals surface area contributed by atoms with Crippen LogP contribution in [0.4, 0.5) is 0 Å². The van der Waals surface area contributed by atoms with Crippen LogP contribution >= 0.6 is 0 Å². The van der Waals surface area contributed by atoms with Crippen LogP contribution in [0.25, 0.3) is 0 Å². The molecule has 0 atom stereocenters. The molecule has 0 spiro atoms. The molecule has 1 aromatic rings. The van der Waals surface area contributed by atoms with Crippen molar-refractivity contribution >= 4 is 16.4 Å². The van der Waals surface area contributed by atoms with E-state index in [1.54, 1.807) is 52.1 Å². The number of rotatable bonds is 4. The fraction of sp³-hybridized carbons (Fsp3) is 0.417. The van der Waals surface area contributed by atoms with Gasteiger partial charge in [0.2, 0.25) is 0 Å². The van der Waals surface area contributed by atoms with E-state index < -0.39 is 15.7 Å². The number of benzene rings is 1. The average molecular weight is 270 g/mol. The molecule has 0 saturated carbocycles. The van der Waals surface area contributed by atoms with Gasteiger partial charge in [0.05, 0.1) is 7.11 Å². The van der Waals surface area contributed by atoms with Gasteiger partial charge in [0.1, 0.15) is 5.75 Å². The molecule has 1 rings (SSSR count). The van der Waals surface area contributed by atoms with Crippen molar-refractivity contribution in [1.82, 2.24) is 4.72 Å². The van der Waals surface area contributed by atoms with Crippen LogP contribution in [0.1, 0.15) is 26.3 Å². The van der Waals surface area contributed by atoms with Gasteiger partial charge in [-0.25, -0.2) is 0 Å². The maximum Gasteiger partial charge on any atom is 0.320 e. The van der Waals surface area contributed by atoms with Gasteiger partial charge in [0.25, 0.3) is 0 Å². The van der Waals surface area contributed by atoms with Crippen molar-refractivity contribution in [3.63, 3.8) is 0 Å². The summed E-state index contributed by atoms with van der Waals surface area (Å²) in [6, 6.07) is 7.00. The molecule has 0 aliphatic heterocycles. The Morgan fingerprint density at radius 3 is 2.56 bits per heavy atom. The monoisotopic (exact) mass is 270 g/mol. The van der Waals surface area contributed by atoms with Gasteiger partial charge in [0.15, 0.2) is 0 Å². The van der Waals surface area contributed by atoms with E-state index in [-0.39, 0.29) is 0 Å². The molecular weight excluding hydrogens is 252 g/mol. The Bertz CT molecular complexity index is 530. The van der Waals surface area contributed by atoms with Crippen LogP contribution in [-0.2, 0) is 10.2 Å². The molecule has 1 aromatic carbocycles. The third-order valence-corrected chi connectivity index (χ3v) is 3.12. The number of nitrogens with one attached hydrogen (secondary N) is 1. The molecule has 0 bridgehead atoms. The molecule has 0 saturated heterocycles. The van der Waals surface area contributed by atoms with E-state index in [4.69, 9.17) is 4.74 Å². The van der Waals surface area contributed by atoms with Gasteiger partial charge in [-0.1, -0.05) is 12.1 Å². The SMILES string of the molecule is COc1cccc(/C=N/S(=O)(=O)NC(C)(C)C)c1. The molecule has 0 fully saturated rings. The van der Waals surface area contributed by atoms with Gasteiger partial charge in [-0.15, -0.1) is 0 Å². The van der Waals surface area contributed by atoms with E-state index in [0.717, 1.165) is 0 Å². The third-order valence-electron chi connectivity index (χ3n) is 1.87. The molecule has 0 aromatic heterocycles. The highest BCUT2D eigenvalue weighted by Crippen LogP contribution is 2.11. The second-order valence-corrected chi connectivity index (χ2v) is 6.20. The summed E-state index contributed by atoms with van der Waals surface area (Å²) in [5.74, 6) is 0.653. The fourth-order valence-electron chi connectivity index (χ4n) is 1.27. The summed E-state index contributed by atoms with van der Waals surface area (Å²) in [6.45, 7) is 5.27. The minimum atomic E-state index is -3.68. The summed E-state index contributed by atoms with van der Waals surface area (Å²) in [5.41, 5.74) is 0.110. The minimum Gasteiger partial charge on any atom is -0.497 e. The van der Waals surface area contributed by atoms with E-state index in [9.17, 15) is 8.42 Å². The highest BCUT2D eigenvalue weighted by atomic mass is 32.2. The highest BCUT2D eigenvalue weighted by molar-refractivity contribution is 7.88. The predicted molar refractivity (Wildman–Crippen MR) is 72.4 cm³/mol. The lowest BCUT2D eigenvalue weighted by atomic mass is 10.1. The van der Waals surface area contributed by atoms with Crippen LogP contribution in [0.3, 0.4) is 0 Å². The smallest absolute Gasteiger partial charge is 0.320 e. The first-order valence-corrected chi connectivity index (χ1v) is 6.89. The first-order valence-electron chi connectivity index (χ1n) is 5.45. The normalized spacial score (nSPS) is 12.9. The number of hydrogen-bond acceptors (Lipinski definition) is 3. The summed E-state index contributed by atoms with van der Waals surface area (Å²) in [7, 11) is -2.13. The molecule has 0 heterocycles. The number of hydrogen-bond donors (Lipinski definition) is 1. The van der Waals surface area contributed by atoms with Crippen molar-refractivity contribution < 1.29 is 13.2 Å². The first kappa shape index (κ1) is 14.7. The van der Waals surface area contributed by atoms with E-state index in [2.05, 4.69) is 9.12 Å². The molecule has 0 radical (unpaired) electrons. The van der Waals surface area contributed by atoms with Crippen molar-refractivity contribution in [2.45, 2.75) is 26.3 Å². The zero-order chi connectivity index (χ0) is 13.8. The van der Waals surface area contributed by atoms with E-state index in [1.165, 1.54) is 6.21 Å². The van der Waals surface area contributed by atoms with Crippen LogP contribution in [0.15, 0.2) is 28.7 Å². The number of methoxy groups -OCH3 is 1. The van der Waals surface area contributed by atoms with E-state index >= 15 is 0 Å². The molecule has 5 nitrogen and oxygen atoms in total. The minimum absolute atomic E-state index is 0.551. The van der Waals surface area contributed by atoms with Gasteiger partial charge in [-0.05, 0) is 38.5 Å². The van der Waals surface area contributed by atoms with Crippen LogP contribution in [0.2, 0.25) is 0 Å². The van der Waals surface area contributed by atoms with Gasteiger partial charge in [-0.3, -0.25) is 0 Å². The molecule has 0 aliphatic carbocycles. The number of ether oxygens (including phenoxy) is 1. The molecule has 0 aliphatic rings. The van der Waals surface area contributed by atoms with Crippen LogP contribution in [-0.4, -0.2) is 27.3 Å². The topological polar surface area (TPSA) is 67.8 Å². The van der Waals surface area contributed by atoms with Crippen LogP contribution in [0.5, 0.6) is 5.75 Å². The lowest BCUT2D eigenvalue weighted by Crippen LogP contribution is -2.39. The van der Waals surface area contributed by atoms with Crippen molar-refractivity contribution in [2.75, 3.05) is 7.11 Å². The Balaban J connectivity index is 2.86. The molecule has 100 valence electrons. The second kappa shape index (κ2) is 5.49. The largest absolute Gasteiger partial charge is 0.497 e. The first-order chi connectivity index (χ1) is 8.22. The van der Waals surface area contributed by atoms with Gasteiger partial charge in [-0.2, -0.15) is 17.5 Å².